The summed E-state index contributed by atoms with van der Waals surface area (Å²) in [5, 5.41) is 13.4. The first-order chi connectivity index (χ1) is 12.7. The van der Waals surface area contributed by atoms with Gasteiger partial charge < -0.3 is 14.6 Å². The number of carbonyl (C=O) groups is 3. The predicted octanol–water partition coefficient (Wildman–Crippen LogP) is 1.25. The molecule has 2 fully saturated rings. The highest BCUT2D eigenvalue weighted by Crippen LogP contribution is 2.52. The average Bonchev–Trinajstić information content (AvgIpc) is 3.13. The van der Waals surface area contributed by atoms with Crippen molar-refractivity contribution < 1.29 is 29.0 Å². The number of likely N-dealkylation sites (tertiary alicyclic amines) is 1. The molecule has 0 unspecified atom stereocenters. The van der Waals surface area contributed by atoms with Crippen molar-refractivity contribution in [2.75, 3.05) is 21.3 Å². The van der Waals surface area contributed by atoms with Crippen LogP contribution in [0, 0.1) is 11.8 Å². The molecule has 2 aliphatic heterocycles. The fourth-order valence-electron chi connectivity index (χ4n) is 4.22. The van der Waals surface area contributed by atoms with Crippen LogP contribution in [0.15, 0.2) is 12.1 Å². The Morgan fingerprint density at radius 3 is 2.56 bits per heavy atom. The largest absolute Gasteiger partial charge is 0.503 e. The minimum Gasteiger partial charge on any atom is -0.503 e. The molecule has 2 N–H and O–H groups in total. The Hall–Kier alpha value is -2.32. The number of aromatic hydroxyl groups is 1. The van der Waals surface area contributed by atoms with Crippen LogP contribution < -0.4 is 10.1 Å². The van der Waals surface area contributed by atoms with Crippen molar-refractivity contribution in [1.29, 1.82) is 0 Å². The van der Waals surface area contributed by atoms with Crippen LogP contribution in [0.3, 0.4) is 0 Å². The number of amides is 2. The van der Waals surface area contributed by atoms with Gasteiger partial charge in [-0.05, 0) is 18.1 Å². The molecule has 9 heteroatoms. The van der Waals surface area contributed by atoms with Crippen LogP contribution in [0.2, 0.25) is 5.02 Å². The van der Waals surface area contributed by atoms with Gasteiger partial charge in [0.15, 0.2) is 11.5 Å². The molecule has 1 aromatic carbocycles. The molecule has 3 rings (SSSR count). The zero-order chi connectivity index (χ0) is 20.1. The number of hydrogen-bond donors (Lipinski definition) is 2. The maximum Gasteiger partial charge on any atom is 0.326 e. The number of benzene rings is 1. The number of phenols is 1. The van der Waals surface area contributed by atoms with E-state index in [1.807, 2.05) is 0 Å². The summed E-state index contributed by atoms with van der Waals surface area (Å²) in [5.74, 6) is -3.32. The standard InChI is InChI=1S/C18H21ClN2O6/c1-5-18(17(25)27-4)11-10(15(23)21(2)16(11)24)13(20-18)8-6-7-9(26-3)14(22)12(8)19/h6-7,10-11,13,20,22H,5H2,1-4H3/t10-,11-,13-,18-/m0/s1. The summed E-state index contributed by atoms with van der Waals surface area (Å²) in [6, 6.07) is 2.37. The number of methoxy groups -OCH3 is 2. The fourth-order valence-corrected chi connectivity index (χ4v) is 4.49. The minimum absolute atomic E-state index is 0.00262. The lowest BCUT2D eigenvalue weighted by Crippen LogP contribution is -2.55. The van der Waals surface area contributed by atoms with Crippen molar-refractivity contribution in [2.24, 2.45) is 11.8 Å². The highest BCUT2D eigenvalue weighted by molar-refractivity contribution is 6.33. The average molecular weight is 397 g/mol. The van der Waals surface area contributed by atoms with E-state index < -0.39 is 41.2 Å². The van der Waals surface area contributed by atoms with Gasteiger partial charge in [-0.2, -0.15) is 0 Å². The molecule has 4 atom stereocenters. The molecule has 146 valence electrons. The summed E-state index contributed by atoms with van der Waals surface area (Å²) in [5.41, 5.74) is -0.957. The van der Waals surface area contributed by atoms with E-state index in [1.165, 1.54) is 27.3 Å². The lowest BCUT2D eigenvalue weighted by molar-refractivity contribution is -0.154. The Morgan fingerprint density at radius 1 is 1.33 bits per heavy atom. The summed E-state index contributed by atoms with van der Waals surface area (Å²) in [4.78, 5) is 39.2. The Morgan fingerprint density at radius 2 is 2.00 bits per heavy atom. The molecule has 0 aromatic heterocycles. The van der Waals surface area contributed by atoms with E-state index in [-0.39, 0.29) is 22.9 Å². The van der Waals surface area contributed by atoms with Crippen molar-refractivity contribution in [3.8, 4) is 11.5 Å². The molecule has 8 nitrogen and oxygen atoms in total. The molecular weight excluding hydrogens is 376 g/mol. The van der Waals surface area contributed by atoms with Crippen LogP contribution in [0.4, 0.5) is 0 Å². The van der Waals surface area contributed by atoms with E-state index in [9.17, 15) is 19.5 Å². The SMILES string of the molecule is CC[C@]1(C(=O)OC)N[C@@H](c2ccc(OC)c(O)c2Cl)[C@H]2C(=O)N(C)C(=O)[C@H]21. The first-order valence-corrected chi connectivity index (χ1v) is 8.85. The van der Waals surface area contributed by atoms with E-state index in [0.717, 1.165) is 4.90 Å². The molecule has 27 heavy (non-hydrogen) atoms. The van der Waals surface area contributed by atoms with Crippen LogP contribution in [-0.2, 0) is 19.1 Å². The van der Waals surface area contributed by atoms with Crippen LogP contribution in [-0.4, -0.2) is 54.6 Å². The number of nitrogens with one attached hydrogen (secondary N) is 1. The van der Waals surface area contributed by atoms with Crippen LogP contribution >= 0.6 is 11.6 Å². The quantitative estimate of drug-likeness (QED) is 0.582. The van der Waals surface area contributed by atoms with Crippen LogP contribution in [0.5, 0.6) is 11.5 Å². The third kappa shape index (κ3) is 2.50. The van der Waals surface area contributed by atoms with Gasteiger partial charge >= 0.3 is 5.97 Å². The van der Waals surface area contributed by atoms with Crippen molar-refractivity contribution in [1.82, 2.24) is 10.2 Å². The first kappa shape index (κ1) is 19.4. The summed E-state index contributed by atoms with van der Waals surface area (Å²) in [7, 11) is 4.02. The molecule has 1 aromatic rings. The number of halogens is 1. The Bertz CT molecular complexity index is 828. The lowest BCUT2D eigenvalue weighted by atomic mass is 9.78. The zero-order valence-electron chi connectivity index (χ0n) is 15.4. The monoisotopic (exact) mass is 396 g/mol. The van der Waals surface area contributed by atoms with Gasteiger partial charge in [-0.1, -0.05) is 24.6 Å². The molecule has 0 spiro atoms. The van der Waals surface area contributed by atoms with E-state index in [0.29, 0.717) is 5.56 Å². The predicted molar refractivity (Wildman–Crippen MR) is 95.3 cm³/mol. The zero-order valence-corrected chi connectivity index (χ0v) is 16.2. The summed E-state index contributed by atoms with van der Waals surface area (Å²) in [6.07, 6.45) is 0.240. The molecule has 2 amide bonds. The Kier molecular flexibility index (Phi) is 4.81. The molecule has 2 heterocycles. The first-order valence-electron chi connectivity index (χ1n) is 8.48. The molecule has 2 aliphatic rings. The maximum absolute atomic E-state index is 12.8. The number of hydrogen-bond acceptors (Lipinski definition) is 7. The minimum atomic E-state index is -1.36. The van der Waals surface area contributed by atoms with Crippen molar-refractivity contribution in [2.45, 2.75) is 24.9 Å². The van der Waals surface area contributed by atoms with E-state index in [2.05, 4.69) is 5.32 Å². The van der Waals surface area contributed by atoms with Gasteiger partial charge in [-0.25, -0.2) is 0 Å². The Labute approximate surface area is 161 Å². The molecular formula is C18H21ClN2O6. The second-order valence-electron chi connectivity index (χ2n) is 6.70. The van der Waals surface area contributed by atoms with Gasteiger partial charge in [0.25, 0.3) is 0 Å². The third-order valence-corrected chi connectivity index (χ3v) is 6.04. The van der Waals surface area contributed by atoms with Gasteiger partial charge in [0, 0.05) is 13.1 Å². The normalized spacial score (nSPS) is 29.8. The van der Waals surface area contributed by atoms with E-state index in [4.69, 9.17) is 21.1 Å². The number of ether oxygens (including phenoxy) is 2. The number of fused-ring (bicyclic) bond motifs is 1. The van der Waals surface area contributed by atoms with Gasteiger partial charge in [-0.15, -0.1) is 0 Å². The lowest BCUT2D eigenvalue weighted by Gasteiger charge is -2.31. The Balaban J connectivity index is 2.18. The van der Waals surface area contributed by atoms with E-state index in [1.54, 1.807) is 13.0 Å². The van der Waals surface area contributed by atoms with E-state index >= 15 is 0 Å². The molecule has 0 bridgehead atoms. The molecule has 0 aliphatic carbocycles. The molecule has 0 saturated carbocycles. The summed E-state index contributed by atoms with van der Waals surface area (Å²) < 4.78 is 9.99. The van der Waals surface area contributed by atoms with Crippen molar-refractivity contribution >= 4 is 29.4 Å². The number of rotatable bonds is 4. The second-order valence-corrected chi connectivity index (χ2v) is 7.08. The highest BCUT2D eigenvalue weighted by Gasteiger charge is 2.67. The highest BCUT2D eigenvalue weighted by atomic mass is 35.5. The topological polar surface area (TPSA) is 105 Å². The van der Waals surface area contributed by atoms with Crippen molar-refractivity contribution in [3.63, 3.8) is 0 Å². The number of carbonyl (C=O) groups excluding carboxylic acids is 3. The van der Waals surface area contributed by atoms with Gasteiger partial charge in [0.2, 0.25) is 11.8 Å². The number of nitrogens with zero attached hydrogens (tertiary/aromatic N) is 1. The van der Waals surface area contributed by atoms with Gasteiger partial charge in [-0.3, -0.25) is 24.6 Å². The molecule has 0 radical (unpaired) electrons. The van der Waals surface area contributed by atoms with Crippen molar-refractivity contribution in [3.05, 3.63) is 22.7 Å². The van der Waals surface area contributed by atoms with Gasteiger partial charge in [0.1, 0.15) is 5.54 Å². The second kappa shape index (κ2) is 6.69. The molecule has 2 saturated heterocycles. The number of phenolic OH excluding ortho intramolecular Hbond substituents is 1. The summed E-state index contributed by atoms with van der Waals surface area (Å²) in [6.45, 7) is 1.74. The maximum atomic E-state index is 12.8. The number of imide groups is 1. The smallest absolute Gasteiger partial charge is 0.326 e. The fraction of sp³-hybridized carbons (Fsp3) is 0.500. The third-order valence-electron chi connectivity index (χ3n) is 5.65. The van der Waals surface area contributed by atoms with Crippen LogP contribution in [0.1, 0.15) is 24.9 Å². The summed E-state index contributed by atoms with van der Waals surface area (Å²) >= 11 is 6.32. The number of esters is 1. The van der Waals surface area contributed by atoms with Crippen LogP contribution in [0.25, 0.3) is 0 Å². The van der Waals surface area contributed by atoms with Gasteiger partial charge in [0.05, 0.1) is 31.1 Å².